The zero-order chi connectivity index (χ0) is 11.5. The summed E-state index contributed by atoms with van der Waals surface area (Å²) in [5, 5.41) is 4.82. The van der Waals surface area contributed by atoms with Crippen molar-refractivity contribution in [2.24, 2.45) is 0 Å². The fraction of sp³-hybridized carbons (Fsp3) is 0.500. The van der Waals surface area contributed by atoms with Gasteiger partial charge < -0.3 is 5.32 Å². The van der Waals surface area contributed by atoms with Gasteiger partial charge in [0.15, 0.2) is 0 Å². The van der Waals surface area contributed by atoms with Gasteiger partial charge in [-0.1, -0.05) is 0 Å². The summed E-state index contributed by atoms with van der Waals surface area (Å²) in [7, 11) is -0.673. The smallest absolute Gasteiger partial charge is 0.252 e. The van der Waals surface area contributed by atoms with Crippen molar-refractivity contribution in [1.29, 1.82) is 0 Å². The summed E-state index contributed by atoms with van der Waals surface area (Å²) in [5.41, 5.74) is 0.698. The fourth-order valence-corrected chi connectivity index (χ4v) is 4.07. The molecule has 0 atom stereocenters. The van der Waals surface area contributed by atoms with Gasteiger partial charge in [0.2, 0.25) is 0 Å². The molecule has 1 aromatic rings. The fourth-order valence-electron chi connectivity index (χ4n) is 1.64. The van der Waals surface area contributed by atoms with Gasteiger partial charge in [-0.15, -0.1) is 11.3 Å². The van der Waals surface area contributed by atoms with E-state index in [1.54, 1.807) is 0 Å². The van der Waals surface area contributed by atoms with Crippen molar-refractivity contribution in [2.75, 3.05) is 11.5 Å². The number of nitrogens with one attached hydrogen (secondary N) is 1. The highest BCUT2D eigenvalue weighted by Gasteiger charge is 2.20. The van der Waals surface area contributed by atoms with Crippen molar-refractivity contribution < 1.29 is 9.00 Å². The largest absolute Gasteiger partial charge is 0.349 e. The van der Waals surface area contributed by atoms with Crippen LogP contribution in [0.3, 0.4) is 0 Å². The molecule has 3 nitrogen and oxygen atoms in total. The Morgan fingerprint density at radius 3 is 2.75 bits per heavy atom. The molecule has 0 aromatic carbocycles. The molecular formula is C10H12BrNO2S2. The lowest BCUT2D eigenvalue weighted by Gasteiger charge is -2.22. The number of halogens is 1. The number of carbonyl (C=O) groups excluding carboxylic acids is 1. The third-order valence-electron chi connectivity index (χ3n) is 2.55. The summed E-state index contributed by atoms with van der Waals surface area (Å²) < 4.78 is 12.1. The Morgan fingerprint density at radius 2 is 2.19 bits per heavy atom. The Morgan fingerprint density at radius 1 is 1.50 bits per heavy atom. The summed E-state index contributed by atoms with van der Waals surface area (Å²) in [6.07, 6.45) is 1.65. The maximum atomic E-state index is 11.8. The van der Waals surface area contributed by atoms with E-state index >= 15 is 0 Å². The Kier molecular flexibility index (Phi) is 4.16. The van der Waals surface area contributed by atoms with Crippen LogP contribution in [0.4, 0.5) is 0 Å². The molecule has 0 radical (unpaired) electrons. The topological polar surface area (TPSA) is 46.2 Å². The molecule has 16 heavy (non-hydrogen) atoms. The quantitative estimate of drug-likeness (QED) is 0.907. The van der Waals surface area contributed by atoms with Gasteiger partial charge in [-0.05, 0) is 34.8 Å². The van der Waals surface area contributed by atoms with Crippen LogP contribution in [-0.2, 0) is 10.8 Å². The molecule has 0 saturated carbocycles. The molecule has 0 unspecified atom stereocenters. The third-order valence-corrected chi connectivity index (χ3v) is 5.44. The van der Waals surface area contributed by atoms with Crippen LogP contribution in [0.5, 0.6) is 0 Å². The molecule has 1 aromatic heterocycles. The van der Waals surface area contributed by atoms with E-state index in [4.69, 9.17) is 0 Å². The lowest BCUT2D eigenvalue weighted by molar-refractivity contribution is 0.0935. The molecule has 6 heteroatoms. The summed E-state index contributed by atoms with van der Waals surface area (Å²) in [5.74, 6) is 1.39. The molecule has 0 aliphatic carbocycles. The molecule has 1 fully saturated rings. The van der Waals surface area contributed by atoms with E-state index in [1.165, 1.54) is 11.3 Å². The van der Waals surface area contributed by atoms with Gasteiger partial charge >= 0.3 is 0 Å². The first kappa shape index (κ1) is 12.3. The van der Waals surface area contributed by atoms with Gasteiger partial charge in [-0.3, -0.25) is 9.00 Å². The van der Waals surface area contributed by atoms with E-state index in [-0.39, 0.29) is 11.9 Å². The van der Waals surface area contributed by atoms with E-state index in [9.17, 15) is 9.00 Å². The first-order chi connectivity index (χ1) is 7.65. The van der Waals surface area contributed by atoms with Crippen LogP contribution in [0.25, 0.3) is 0 Å². The van der Waals surface area contributed by atoms with Crippen LogP contribution in [0.2, 0.25) is 0 Å². The highest BCUT2D eigenvalue weighted by atomic mass is 79.9. The maximum absolute atomic E-state index is 11.8. The number of thiophene rings is 1. The predicted molar refractivity (Wildman–Crippen MR) is 70.4 cm³/mol. The van der Waals surface area contributed by atoms with Crippen molar-refractivity contribution in [3.8, 4) is 0 Å². The van der Waals surface area contributed by atoms with Crippen LogP contribution in [0.15, 0.2) is 15.2 Å². The molecule has 1 aliphatic rings. The van der Waals surface area contributed by atoms with Gasteiger partial charge in [0, 0.05) is 33.7 Å². The number of rotatable bonds is 2. The first-order valence-corrected chi connectivity index (χ1v) is 8.21. The van der Waals surface area contributed by atoms with Gasteiger partial charge in [-0.25, -0.2) is 0 Å². The van der Waals surface area contributed by atoms with Crippen molar-refractivity contribution >= 4 is 44.0 Å². The molecular weight excluding hydrogens is 310 g/mol. The van der Waals surface area contributed by atoms with E-state index in [0.29, 0.717) is 17.1 Å². The minimum atomic E-state index is -0.673. The van der Waals surface area contributed by atoms with Crippen molar-refractivity contribution in [1.82, 2.24) is 5.32 Å². The standard InChI is InChI=1S/C10H12BrNO2S2/c11-9-5-7(6-15-9)10(13)12-8-1-3-16(14)4-2-8/h5-6,8H,1-4H2,(H,12,13). The second-order valence-corrected chi connectivity index (χ2v) is 7.72. The van der Waals surface area contributed by atoms with Crippen LogP contribution in [0.1, 0.15) is 23.2 Å². The Labute approximate surface area is 109 Å². The highest BCUT2D eigenvalue weighted by molar-refractivity contribution is 9.11. The minimum Gasteiger partial charge on any atom is -0.349 e. The second-order valence-electron chi connectivity index (χ2n) is 3.74. The van der Waals surface area contributed by atoms with Crippen LogP contribution >= 0.6 is 27.3 Å². The van der Waals surface area contributed by atoms with E-state index in [0.717, 1.165) is 16.6 Å². The first-order valence-electron chi connectivity index (χ1n) is 5.05. The highest BCUT2D eigenvalue weighted by Crippen LogP contribution is 2.21. The van der Waals surface area contributed by atoms with E-state index in [2.05, 4.69) is 21.2 Å². The van der Waals surface area contributed by atoms with Crippen molar-refractivity contribution in [3.05, 3.63) is 20.8 Å². The molecule has 0 spiro atoms. The van der Waals surface area contributed by atoms with Crippen molar-refractivity contribution in [2.45, 2.75) is 18.9 Å². The monoisotopic (exact) mass is 321 g/mol. The summed E-state index contributed by atoms with van der Waals surface area (Å²) in [6, 6.07) is 2.00. The van der Waals surface area contributed by atoms with Crippen molar-refractivity contribution in [3.63, 3.8) is 0 Å². The molecule has 0 bridgehead atoms. The third kappa shape index (κ3) is 3.15. The maximum Gasteiger partial charge on any atom is 0.252 e. The number of amides is 1. The normalized spacial score (nSPS) is 25.3. The number of hydrogen-bond acceptors (Lipinski definition) is 3. The molecule has 1 N–H and O–H groups in total. The lowest BCUT2D eigenvalue weighted by Crippen LogP contribution is -2.39. The Balaban J connectivity index is 1.90. The van der Waals surface area contributed by atoms with Crippen LogP contribution < -0.4 is 5.32 Å². The predicted octanol–water partition coefficient (Wildman–Crippen LogP) is 2.15. The molecule has 1 saturated heterocycles. The zero-order valence-corrected chi connectivity index (χ0v) is 11.8. The van der Waals surface area contributed by atoms with Crippen LogP contribution in [0, 0.1) is 0 Å². The average Bonchev–Trinajstić information content (AvgIpc) is 2.68. The molecule has 1 aliphatic heterocycles. The summed E-state index contributed by atoms with van der Waals surface area (Å²) in [4.78, 5) is 11.8. The van der Waals surface area contributed by atoms with Gasteiger partial charge in [0.1, 0.15) is 0 Å². The van der Waals surface area contributed by atoms with E-state index in [1.807, 2.05) is 11.4 Å². The summed E-state index contributed by atoms with van der Waals surface area (Å²) in [6.45, 7) is 0. The lowest BCUT2D eigenvalue weighted by atomic mass is 10.1. The van der Waals surface area contributed by atoms with Gasteiger partial charge in [0.25, 0.3) is 5.91 Å². The zero-order valence-electron chi connectivity index (χ0n) is 8.57. The molecule has 1 amide bonds. The van der Waals surface area contributed by atoms with Gasteiger partial charge in [0.05, 0.1) is 9.35 Å². The minimum absolute atomic E-state index is 0.0281. The molecule has 2 rings (SSSR count). The van der Waals surface area contributed by atoms with Crippen LogP contribution in [-0.4, -0.2) is 27.7 Å². The summed E-state index contributed by atoms with van der Waals surface area (Å²) >= 11 is 4.83. The molecule has 88 valence electrons. The number of carbonyl (C=O) groups is 1. The SMILES string of the molecule is O=C(NC1CCS(=O)CC1)c1csc(Br)c1. The Hall–Kier alpha value is -0.200. The van der Waals surface area contributed by atoms with Gasteiger partial charge in [-0.2, -0.15) is 0 Å². The number of hydrogen-bond donors (Lipinski definition) is 1. The Bertz CT molecular complexity index is 409. The molecule has 2 heterocycles. The van der Waals surface area contributed by atoms with E-state index < -0.39 is 10.8 Å². The average molecular weight is 322 g/mol. The second kappa shape index (κ2) is 5.42.